The van der Waals surface area contributed by atoms with Gasteiger partial charge in [-0.25, -0.2) is 4.39 Å². The Labute approximate surface area is 200 Å². The minimum atomic E-state index is -0.249. The number of nitrogens with zero attached hydrogens (tertiary/aromatic N) is 1. The van der Waals surface area contributed by atoms with Crippen LogP contribution in [0.25, 0.3) is 22.2 Å². The fourth-order valence-electron chi connectivity index (χ4n) is 4.30. The van der Waals surface area contributed by atoms with Crippen LogP contribution in [0.15, 0.2) is 60.7 Å². The first kappa shape index (κ1) is 23.8. The summed E-state index contributed by atoms with van der Waals surface area (Å²) in [6, 6.07) is 19.5. The van der Waals surface area contributed by atoms with E-state index in [1.807, 2.05) is 72.2 Å². The summed E-state index contributed by atoms with van der Waals surface area (Å²) >= 11 is 0. The molecule has 1 heterocycles. The molecule has 4 nitrogen and oxygen atoms in total. The highest BCUT2D eigenvalue weighted by Crippen LogP contribution is 2.37. The fraction of sp³-hybridized carbons (Fsp3) is 0.310. The van der Waals surface area contributed by atoms with Crippen LogP contribution in [0.3, 0.4) is 0 Å². The molecule has 0 aliphatic carbocycles. The largest absolute Gasteiger partial charge is 0.497 e. The number of aromatic nitrogens is 1. The molecule has 0 amide bonds. The Morgan fingerprint density at radius 3 is 2.35 bits per heavy atom. The molecule has 1 aromatic heterocycles. The number of ether oxygens (including phenoxy) is 2. The third-order valence-corrected chi connectivity index (χ3v) is 6.19. The highest BCUT2D eigenvalue weighted by atomic mass is 19.1. The molecular formula is C29H32FNO3. The highest BCUT2D eigenvalue weighted by molar-refractivity contribution is 5.90. The van der Waals surface area contributed by atoms with Gasteiger partial charge in [0.2, 0.25) is 0 Å². The number of hydrogen-bond acceptors (Lipinski definition) is 3. The predicted octanol–water partition coefficient (Wildman–Crippen LogP) is 6.53. The van der Waals surface area contributed by atoms with Gasteiger partial charge in [-0.15, -0.1) is 0 Å². The first-order chi connectivity index (χ1) is 16.5. The van der Waals surface area contributed by atoms with Crippen LogP contribution >= 0.6 is 0 Å². The van der Waals surface area contributed by atoms with Crippen LogP contribution in [-0.2, 0) is 13.0 Å². The van der Waals surface area contributed by atoms with Crippen molar-refractivity contribution in [2.75, 3.05) is 20.3 Å². The van der Waals surface area contributed by atoms with Gasteiger partial charge in [0, 0.05) is 24.1 Å². The molecule has 0 spiro atoms. The van der Waals surface area contributed by atoms with E-state index in [1.165, 1.54) is 0 Å². The van der Waals surface area contributed by atoms with Crippen molar-refractivity contribution in [3.8, 4) is 22.8 Å². The average Bonchev–Trinajstić information content (AvgIpc) is 3.11. The number of fused-ring (bicyclic) bond motifs is 1. The number of aliphatic hydroxyl groups excluding tert-OH is 1. The van der Waals surface area contributed by atoms with Gasteiger partial charge < -0.3 is 19.1 Å². The van der Waals surface area contributed by atoms with Crippen molar-refractivity contribution in [3.63, 3.8) is 0 Å². The molecule has 0 fully saturated rings. The van der Waals surface area contributed by atoms with Crippen molar-refractivity contribution in [3.05, 3.63) is 83.2 Å². The van der Waals surface area contributed by atoms with E-state index in [-0.39, 0.29) is 12.4 Å². The van der Waals surface area contributed by atoms with Gasteiger partial charge >= 0.3 is 0 Å². The summed E-state index contributed by atoms with van der Waals surface area (Å²) in [5.74, 6) is 1.18. The molecule has 34 heavy (non-hydrogen) atoms. The summed E-state index contributed by atoms with van der Waals surface area (Å²) in [6.07, 6.45) is 2.63. The minimum absolute atomic E-state index is 0.121. The Morgan fingerprint density at radius 2 is 1.68 bits per heavy atom. The lowest BCUT2D eigenvalue weighted by atomic mass is 10.0. The summed E-state index contributed by atoms with van der Waals surface area (Å²) in [4.78, 5) is 0. The maximum atomic E-state index is 16.0. The Hall–Kier alpha value is -3.31. The second-order valence-corrected chi connectivity index (χ2v) is 8.60. The summed E-state index contributed by atoms with van der Waals surface area (Å²) in [5, 5.41) is 9.75. The molecule has 0 aliphatic heterocycles. The lowest BCUT2D eigenvalue weighted by Crippen LogP contribution is -2.04. The zero-order valence-electron chi connectivity index (χ0n) is 20.1. The van der Waals surface area contributed by atoms with E-state index in [0.29, 0.717) is 36.4 Å². The zero-order valence-corrected chi connectivity index (χ0v) is 20.1. The maximum absolute atomic E-state index is 16.0. The standard InChI is InChI=1S/C29H32FNO3/c1-4-5-16-34-24-11-13-27-26(18-24)28(30)29(25-12-10-23(33-3)17-20(25)2)31(27)19-22-8-6-21(7-9-22)14-15-32/h6-13,17-18,32H,4-5,14-16,19H2,1-3H3. The van der Waals surface area contributed by atoms with E-state index in [9.17, 15) is 5.11 Å². The second-order valence-electron chi connectivity index (χ2n) is 8.60. The highest BCUT2D eigenvalue weighted by Gasteiger charge is 2.21. The summed E-state index contributed by atoms with van der Waals surface area (Å²) in [7, 11) is 1.63. The van der Waals surface area contributed by atoms with Crippen LogP contribution in [0.4, 0.5) is 4.39 Å². The van der Waals surface area contributed by atoms with Crippen molar-refractivity contribution < 1.29 is 19.0 Å². The molecule has 0 saturated heterocycles. The molecule has 0 saturated carbocycles. The predicted molar refractivity (Wildman–Crippen MR) is 135 cm³/mol. The van der Waals surface area contributed by atoms with Gasteiger partial charge in [0.1, 0.15) is 11.5 Å². The van der Waals surface area contributed by atoms with Gasteiger partial charge in [-0.1, -0.05) is 37.6 Å². The molecule has 0 atom stereocenters. The maximum Gasteiger partial charge on any atom is 0.156 e. The third kappa shape index (κ3) is 4.95. The zero-order chi connectivity index (χ0) is 24.1. The van der Waals surface area contributed by atoms with Crippen molar-refractivity contribution >= 4 is 10.9 Å². The van der Waals surface area contributed by atoms with Crippen LogP contribution in [0.1, 0.15) is 36.5 Å². The fourth-order valence-corrected chi connectivity index (χ4v) is 4.30. The van der Waals surface area contributed by atoms with Gasteiger partial charge in [0.25, 0.3) is 0 Å². The van der Waals surface area contributed by atoms with Crippen molar-refractivity contribution in [2.24, 2.45) is 0 Å². The van der Waals surface area contributed by atoms with E-state index >= 15 is 4.39 Å². The van der Waals surface area contributed by atoms with Crippen LogP contribution in [0, 0.1) is 12.7 Å². The number of unbranched alkanes of at least 4 members (excludes halogenated alkanes) is 1. The third-order valence-electron chi connectivity index (χ3n) is 6.19. The van der Waals surface area contributed by atoms with Crippen LogP contribution < -0.4 is 9.47 Å². The van der Waals surface area contributed by atoms with Gasteiger partial charge in [-0.2, -0.15) is 0 Å². The Balaban J connectivity index is 1.82. The van der Waals surface area contributed by atoms with E-state index in [0.717, 1.165) is 46.4 Å². The number of rotatable bonds is 10. The Morgan fingerprint density at radius 1 is 0.941 bits per heavy atom. The SMILES string of the molecule is CCCCOc1ccc2c(c1)c(F)c(-c1ccc(OC)cc1C)n2Cc1ccc(CCO)cc1. The normalized spacial score (nSPS) is 11.2. The Kier molecular flexibility index (Phi) is 7.53. The quantitative estimate of drug-likeness (QED) is 0.273. The number of methoxy groups -OCH3 is 1. The number of aryl methyl sites for hydroxylation is 1. The minimum Gasteiger partial charge on any atom is -0.497 e. The van der Waals surface area contributed by atoms with Crippen LogP contribution in [0.2, 0.25) is 0 Å². The topological polar surface area (TPSA) is 43.6 Å². The van der Waals surface area contributed by atoms with E-state index in [2.05, 4.69) is 6.92 Å². The number of hydrogen-bond donors (Lipinski definition) is 1. The van der Waals surface area contributed by atoms with Gasteiger partial charge in [-0.3, -0.25) is 0 Å². The Bertz CT molecular complexity index is 1260. The molecular weight excluding hydrogens is 429 g/mol. The lowest BCUT2D eigenvalue weighted by Gasteiger charge is -2.14. The summed E-state index contributed by atoms with van der Waals surface area (Å²) < 4.78 is 29.3. The molecule has 178 valence electrons. The lowest BCUT2D eigenvalue weighted by molar-refractivity contribution is 0.299. The molecule has 0 bridgehead atoms. The molecule has 1 N–H and O–H groups in total. The number of benzene rings is 3. The van der Waals surface area contributed by atoms with Gasteiger partial charge in [0.05, 0.1) is 24.9 Å². The van der Waals surface area contributed by atoms with Crippen LogP contribution in [0.5, 0.6) is 11.5 Å². The van der Waals surface area contributed by atoms with E-state index in [4.69, 9.17) is 9.47 Å². The number of aliphatic hydroxyl groups is 1. The monoisotopic (exact) mass is 461 g/mol. The molecule has 5 heteroatoms. The molecule has 0 unspecified atom stereocenters. The van der Waals surface area contributed by atoms with Crippen molar-refractivity contribution in [1.29, 1.82) is 0 Å². The molecule has 4 aromatic rings. The van der Waals surface area contributed by atoms with E-state index in [1.54, 1.807) is 7.11 Å². The molecule has 0 radical (unpaired) electrons. The summed E-state index contributed by atoms with van der Waals surface area (Å²) in [5.41, 5.74) is 5.30. The van der Waals surface area contributed by atoms with Crippen LogP contribution in [-0.4, -0.2) is 30.0 Å². The summed E-state index contributed by atoms with van der Waals surface area (Å²) in [6.45, 7) is 5.36. The number of halogens is 1. The second kappa shape index (κ2) is 10.7. The molecule has 3 aromatic carbocycles. The van der Waals surface area contributed by atoms with E-state index < -0.39 is 0 Å². The molecule has 0 aliphatic rings. The average molecular weight is 462 g/mol. The molecule has 4 rings (SSSR count). The first-order valence-electron chi connectivity index (χ1n) is 11.8. The van der Waals surface area contributed by atoms with Crippen molar-refractivity contribution in [1.82, 2.24) is 4.57 Å². The van der Waals surface area contributed by atoms with Gasteiger partial charge in [-0.05, 0) is 72.9 Å². The first-order valence-corrected chi connectivity index (χ1v) is 11.8. The van der Waals surface area contributed by atoms with Gasteiger partial charge in [0.15, 0.2) is 5.82 Å². The smallest absolute Gasteiger partial charge is 0.156 e. The van der Waals surface area contributed by atoms with Crippen molar-refractivity contribution in [2.45, 2.75) is 39.7 Å².